The van der Waals surface area contributed by atoms with Crippen LogP contribution in [0, 0.1) is 0 Å². The maximum Gasteiger partial charge on any atom is 0.254 e. The van der Waals surface area contributed by atoms with Crippen molar-refractivity contribution in [2.45, 2.75) is 19.5 Å². The van der Waals surface area contributed by atoms with Crippen LogP contribution >= 0.6 is 0 Å². The van der Waals surface area contributed by atoms with Gasteiger partial charge in [0, 0.05) is 37.5 Å². The number of pyridine rings is 1. The summed E-state index contributed by atoms with van der Waals surface area (Å²) in [4.78, 5) is 19.7. The molecule has 0 N–H and O–H groups in total. The summed E-state index contributed by atoms with van der Waals surface area (Å²) in [5.74, 6) is 0.893. The normalized spacial score (nSPS) is 12.1. The van der Waals surface area contributed by atoms with E-state index in [0.717, 1.165) is 40.0 Å². The Kier molecular flexibility index (Phi) is 5.67. The third kappa shape index (κ3) is 4.40. The van der Waals surface area contributed by atoms with Gasteiger partial charge in [-0.3, -0.25) is 9.78 Å². The van der Waals surface area contributed by atoms with Crippen LogP contribution in [0.15, 0.2) is 97.3 Å². The smallest absolute Gasteiger partial charge is 0.254 e. The summed E-state index contributed by atoms with van der Waals surface area (Å²) in [6.45, 7) is 1.69. The predicted octanol–water partition coefficient (Wildman–Crippen LogP) is 5.53. The first-order valence-electron chi connectivity index (χ1n) is 10.8. The van der Waals surface area contributed by atoms with E-state index in [-0.39, 0.29) is 5.91 Å². The number of benzene rings is 3. The fourth-order valence-electron chi connectivity index (χ4n) is 4.11. The molecule has 0 aliphatic carbocycles. The molecule has 0 bridgehead atoms. The Morgan fingerprint density at radius 2 is 1.66 bits per heavy atom. The minimum atomic E-state index is 0.00803. The van der Waals surface area contributed by atoms with Crippen LogP contribution in [0.2, 0.25) is 0 Å². The molecule has 0 saturated carbocycles. The van der Waals surface area contributed by atoms with Crippen molar-refractivity contribution >= 4 is 5.91 Å². The topological polar surface area (TPSA) is 42.4 Å². The first-order valence-corrected chi connectivity index (χ1v) is 10.8. The molecule has 32 heavy (non-hydrogen) atoms. The van der Waals surface area contributed by atoms with Crippen molar-refractivity contribution in [3.8, 4) is 16.9 Å². The summed E-state index contributed by atoms with van der Waals surface area (Å²) in [6, 6.07) is 28.3. The standard InChI is InChI=1S/C28H24N2O2/c31-28(26-11-12-27-25(17-26)13-15-32-27)30(20-22-7-5-14-29-18-22)19-21-6-4-10-24(16-21)23-8-2-1-3-9-23/h1-12,14,16-18H,13,15,19-20H2. The van der Waals surface area contributed by atoms with Gasteiger partial charge >= 0.3 is 0 Å². The van der Waals surface area contributed by atoms with E-state index in [0.29, 0.717) is 25.3 Å². The largest absolute Gasteiger partial charge is 0.493 e. The molecular weight excluding hydrogens is 396 g/mol. The molecule has 0 unspecified atom stereocenters. The van der Waals surface area contributed by atoms with Gasteiger partial charge in [-0.25, -0.2) is 0 Å². The first kappa shape index (κ1) is 20.0. The van der Waals surface area contributed by atoms with Gasteiger partial charge in [0.2, 0.25) is 0 Å². The number of carbonyl (C=O) groups excluding carboxylic acids is 1. The molecule has 4 heteroatoms. The van der Waals surface area contributed by atoms with E-state index >= 15 is 0 Å². The second kappa shape index (κ2) is 9.06. The van der Waals surface area contributed by atoms with Crippen molar-refractivity contribution in [1.29, 1.82) is 0 Å². The molecular formula is C28H24N2O2. The zero-order valence-electron chi connectivity index (χ0n) is 17.8. The number of carbonyl (C=O) groups is 1. The summed E-state index contributed by atoms with van der Waals surface area (Å²) in [7, 11) is 0. The van der Waals surface area contributed by atoms with Crippen LogP contribution in [-0.2, 0) is 19.5 Å². The van der Waals surface area contributed by atoms with Gasteiger partial charge in [0.1, 0.15) is 5.75 Å². The van der Waals surface area contributed by atoms with Crippen LogP contribution in [0.5, 0.6) is 5.75 Å². The van der Waals surface area contributed by atoms with Crippen LogP contribution in [0.1, 0.15) is 27.0 Å². The van der Waals surface area contributed by atoms with Crippen LogP contribution in [-0.4, -0.2) is 22.4 Å². The van der Waals surface area contributed by atoms with Crippen molar-refractivity contribution in [2.24, 2.45) is 0 Å². The molecule has 1 aromatic heterocycles. The Labute approximate surface area is 188 Å². The lowest BCUT2D eigenvalue weighted by atomic mass is 10.0. The third-order valence-electron chi connectivity index (χ3n) is 5.73. The summed E-state index contributed by atoms with van der Waals surface area (Å²) < 4.78 is 5.61. The number of aromatic nitrogens is 1. The highest BCUT2D eigenvalue weighted by Crippen LogP contribution is 2.27. The Bertz CT molecular complexity index is 1220. The van der Waals surface area contributed by atoms with E-state index in [1.54, 1.807) is 6.20 Å². The van der Waals surface area contributed by atoms with Crippen LogP contribution < -0.4 is 4.74 Å². The summed E-state index contributed by atoms with van der Waals surface area (Å²) in [5, 5.41) is 0. The molecule has 0 atom stereocenters. The van der Waals surface area contributed by atoms with E-state index < -0.39 is 0 Å². The van der Waals surface area contributed by atoms with Gasteiger partial charge < -0.3 is 9.64 Å². The van der Waals surface area contributed by atoms with Crippen molar-refractivity contribution in [1.82, 2.24) is 9.88 Å². The number of fused-ring (bicyclic) bond motifs is 1. The summed E-state index contributed by atoms with van der Waals surface area (Å²) in [5.41, 5.74) is 6.20. The SMILES string of the molecule is O=C(c1ccc2c(c1)CCO2)N(Cc1cccnc1)Cc1cccc(-c2ccccc2)c1. The first-order chi connectivity index (χ1) is 15.8. The Balaban J connectivity index is 1.44. The van der Waals surface area contributed by atoms with Crippen molar-refractivity contribution < 1.29 is 9.53 Å². The van der Waals surface area contributed by atoms with Crippen molar-refractivity contribution in [3.05, 3.63) is 120 Å². The zero-order chi connectivity index (χ0) is 21.8. The minimum Gasteiger partial charge on any atom is -0.493 e. The molecule has 0 spiro atoms. The second-order valence-electron chi connectivity index (χ2n) is 8.01. The Morgan fingerprint density at radius 1 is 0.844 bits per heavy atom. The molecule has 4 aromatic rings. The number of hydrogen-bond acceptors (Lipinski definition) is 3. The van der Waals surface area contributed by atoms with Crippen molar-refractivity contribution in [3.63, 3.8) is 0 Å². The number of nitrogens with zero attached hydrogens (tertiary/aromatic N) is 2. The maximum absolute atomic E-state index is 13.6. The highest BCUT2D eigenvalue weighted by atomic mass is 16.5. The van der Waals surface area contributed by atoms with Gasteiger partial charge in [0.05, 0.1) is 6.61 Å². The average Bonchev–Trinajstić information content (AvgIpc) is 3.33. The number of rotatable bonds is 6. The molecule has 0 radical (unpaired) electrons. The molecule has 1 aliphatic rings. The fourth-order valence-corrected chi connectivity index (χ4v) is 4.11. The quantitative estimate of drug-likeness (QED) is 0.412. The lowest BCUT2D eigenvalue weighted by Gasteiger charge is -2.24. The summed E-state index contributed by atoms with van der Waals surface area (Å²) >= 11 is 0. The molecule has 0 fully saturated rings. The average molecular weight is 421 g/mol. The number of ether oxygens (including phenoxy) is 1. The predicted molar refractivity (Wildman–Crippen MR) is 125 cm³/mol. The van der Waals surface area contributed by atoms with Gasteiger partial charge in [0.25, 0.3) is 5.91 Å². The van der Waals surface area contributed by atoms with Crippen molar-refractivity contribution in [2.75, 3.05) is 6.61 Å². The monoisotopic (exact) mass is 420 g/mol. The lowest BCUT2D eigenvalue weighted by Crippen LogP contribution is -2.30. The van der Waals surface area contributed by atoms with E-state index in [2.05, 4.69) is 41.4 Å². The second-order valence-corrected chi connectivity index (χ2v) is 8.01. The fraction of sp³-hybridized carbons (Fsp3) is 0.143. The van der Waals surface area contributed by atoms with E-state index in [4.69, 9.17) is 4.74 Å². The van der Waals surface area contributed by atoms with Gasteiger partial charge in [-0.15, -0.1) is 0 Å². The van der Waals surface area contributed by atoms with Gasteiger partial charge in [-0.05, 0) is 58.1 Å². The molecule has 2 heterocycles. The van der Waals surface area contributed by atoms with Gasteiger partial charge in [0.15, 0.2) is 0 Å². The van der Waals surface area contributed by atoms with Gasteiger partial charge in [-0.1, -0.05) is 54.6 Å². The summed E-state index contributed by atoms with van der Waals surface area (Å²) in [6.07, 6.45) is 4.41. The number of amides is 1. The molecule has 5 rings (SSSR count). The van der Waals surface area contributed by atoms with E-state index in [1.165, 1.54) is 0 Å². The Morgan fingerprint density at radius 3 is 2.50 bits per heavy atom. The number of hydrogen-bond donors (Lipinski definition) is 0. The molecule has 1 amide bonds. The molecule has 0 saturated heterocycles. The van der Waals surface area contributed by atoms with Crippen LogP contribution in [0.3, 0.4) is 0 Å². The zero-order valence-corrected chi connectivity index (χ0v) is 17.8. The Hall–Kier alpha value is -3.92. The molecule has 158 valence electrons. The van der Waals surface area contributed by atoms with Gasteiger partial charge in [-0.2, -0.15) is 0 Å². The molecule has 3 aromatic carbocycles. The van der Waals surface area contributed by atoms with Crippen LogP contribution in [0.4, 0.5) is 0 Å². The highest BCUT2D eigenvalue weighted by molar-refractivity contribution is 5.94. The minimum absolute atomic E-state index is 0.00803. The highest BCUT2D eigenvalue weighted by Gasteiger charge is 2.20. The van der Waals surface area contributed by atoms with E-state index in [9.17, 15) is 4.79 Å². The van der Waals surface area contributed by atoms with E-state index in [1.807, 2.05) is 59.6 Å². The molecule has 1 aliphatic heterocycles. The molecule has 4 nitrogen and oxygen atoms in total. The maximum atomic E-state index is 13.6. The lowest BCUT2D eigenvalue weighted by molar-refractivity contribution is 0.0730. The third-order valence-corrected chi connectivity index (χ3v) is 5.73. The van der Waals surface area contributed by atoms with Crippen LogP contribution in [0.25, 0.3) is 11.1 Å².